The van der Waals surface area contributed by atoms with E-state index < -0.39 is 15.8 Å². The number of H-pyrrole nitrogens is 1. The number of anilines is 2. The second-order valence-corrected chi connectivity index (χ2v) is 9.76. The van der Waals surface area contributed by atoms with Gasteiger partial charge in [-0.05, 0) is 43.9 Å². The molecule has 0 radical (unpaired) electrons. The molecule has 31 heavy (non-hydrogen) atoms. The number of hydrogen-bond donors (Lipinski definition) is 3. The topological polar surface area (TPSA) is 113 Å². The molecule has 3 aromatic rings. The predicted octanol–water partition coefficient (Wildman–Crippen LogP) is 3.49. The summed E-state index contributed by atoms with van der Waals surface area (Å²) < 4.78 is 40.9. The Morgan fingerprint density at radius 3 is 2.90 bits per heavy atom. The molecule has 0 amide bonds. The van der Waals surface area contributed by atoms with Gasteiger partial charge in [-0.1, -0.05) is 6.92 Å². The average Bonchev–Trinajstić information content (AvgIpc) is 3.49. The first-order valence-corrected chi connectivity index (χ1v) is 11.9. The molecular formula is C21H23FN6O2S. The van der Waals surface area contributed by atoms with E-state index in [0.717, 1.165) is 42.9 Å². The fraction of sp³-hybridized carbons (Fsp3) is 0.381. The lowest BCUT2D eigenvalue weighted by Gasteiger charge is -2.10. The minimum absolute atomic E-state index is 0.00961. The molecule has 1 saturated carbocycles. The van der Waals surface area contributed by atoms with Gasteiger partial charge < -0.3 is 5.32 Å². The summed E-state index contributed by atoms with van der Waals surface area (Å²) in [4.78, 5) is 9.13. The maximum absolute atomic E-state index is 14.8. The van der Waals surface area contributed by atoms with Crippen LogP contribution in [0.25, 0.3) is 0 Å². The highest BCUT2D eigenvalue weighted by Crippen LogP contribution is 2.42. The third kappa shape index (κ3) is 3.70. The standard InChI is InChI=1S/C21H23FN6O2S/c1-2-14-7-8-23-21(25-14)13-4-3-12(9-13)17-10-19(28-27-17)26-16-5-6-18-15(20(16)22)11-24-31(18,29)30/h5-8,10,12-13,24H,2-4,9,11H2,1H3,(H2,26,27,28). The predicted molar refractivity (Wildman–Crippen MR) is 113 cm³/mol. The summed E-state index contributed by atoms with van der Waals surface area (Å²) in [6, 6.07) is 6.68. The number of nitrogens with one attached hydrogen (secondary N) is 3. The molecular weight excluding hydrogens is 419 g/mol. The third-order valence-corrected chi connectivity index (χ3v) is 7.61. The second-order valence-electron chi connectivity index (χ2n) is 8.03. The van der Waals surface area contributed by atoms with Crippen molar-refractivity contribution in [2.45, 2.75) is 55.9 Å². The molecule has 0 saturated heterocycles. The summed E-state index contributed by atoms with van der Waals surface area (Å²) >= 11 is 0. The summed E-state index contributed by atoms with van der Waals surface area (Å²) in [5.74, 6) is 1.45. The van der Waals surface area contributed by atoms with E-state index in [1.54, 1.807) is 0 Å². The Bertz CT molecular complexity index is 1240. The summed E-state index contributed by atoms with van der Waals surface area (Å²) in [5, 5.41) is 10.3. The molecule has 1 aromatic carbocycles. The van der Waals surface area contributed by atoms with Crippen LogP contribution in [0.1, 0.15) is 60.8 Å². The van der Waals surface area contributed by atoms with E-state index in [1.165, 1.54) is 12.1 Å². The van der Waals surface area contributed by atoms with E-state index in [2.05, 4.69) is 37.1 Å². The zero-order valence-corrected chi connectivity index (χ0v) is 17.8. The lowest BCUT2D eigenvalue weighted by molar-refractivity contribution is 0.589. The number of nitrogens with zero attached hydrogens (tertiary/aromatic N) is 3. The summed E-state index contributed by atoms with van der Waals surface area (Å²) in [6.07, 6.45) is 5.68. The van der Waals surface area contributed by atoms with Crippen LogP contribution in [0.2, 0.25) is 0 Å². The normalized spacial score (nSPS) is 21.9. The van der Waals surface area contributed by atoms with Crippen molar-refractivity contribution in [1.82, 2.24) is 24.9 Å². The monoisotopic (exact) mass is 442 g/mol. The van der Waals surface area contributed by atoms with Crippen LogP contribution in [0, 0.1) is 5.82 Å². The van der Waals surface area contributed by atoms with Crippen LogP contribution in [0.15, 0.2) is 35.4 Å². The molecule has 2 aliphatic rings. The Morgan fingerprint density at radius 1 is 1.23 bits per heavy atom. The Morgan fingerprint density at radius 2 is 2.06 bits per heavy atom. The second kappa shape index (κ2) is 7.69. The SMILES string of the molecule is CCc1ccnc(C2CCC(c3cc(Nc4ccc5c(c4F)CNS5(=O)=O)n[nH]3)C2)n1. The summed E-state index contributed by atoms with van der Waals surface area (Å²) in [7, 11) is -3.61. The van der Waals surface area contributed by atoms with Crippen molar-refractivity contribution in [2.24, 2.45) is 0 Å². The smallest absolute Gasteiger partial charge is 0.241 e. The van der Waals surface area contributed by atoms with Crippen LogP contribution in [-0.2, 0) is 23.0 Å². The maximum Gasteiger partial charge on any atom is 0.241 e. The molecule has 1 aliphatic carbocycles. The van der Waals surface area contributed by atoms with E-state index in [4.69, 9.17) is 0 Å². The van der Waals surface area contributed by atoms with Crippen molar-refractivity contribution in [2.75, 3.05) is 5.32 Å². The molecule has 1 aliphatic heterocycles. The van der Waals surface area contributed by atoms with Crippen molar-refractivity contribution in [3.8, 4) is 0 Å². The molecule has 162 valence electrons. The summed E-state index contributed by atoms with van der Waals surface area (Å²) in [5.41, 5.74) is 2.39. The van der Waals surface area contributed by atoms with Crippen molar-refractivity contribution >= 4 is 21.5 Å². The molecule has 10 heteroatoms. The van der Waals surface area contributed by atoms with Gasteiger partial charge in [-0.15, -0.1) is 0 Å². The third-order valence-electron chi connectivity index (χ3n) is 6.12. The van der Waals surface area contributed by atoms with E-state index in [9.17, 15) is 12.8 Å². The largest absolute Gasteiger partial charge is 0.336 e. The molecule has 3 heterocycles. The zero-order valence-electron chi connectivity index (χ0n) is 17.0. The maximum atomic E-state index is 14.8. The number of benzene rings is 1. The lowest BCUT2D eigenvalue weighted by Crippen LogP contribution is -2.13. The molecule has 2 aromatic heterocycles. The molecule has 1 fully saturated rings. The number of aryl methyl sites for hydroxylation is 1. The first-order chi connectivity index (χ1) is 14.9. The van der Waals surface area contributed by atoms with Gasteiger partial charge in [0.15, 0.2) is 11.6 Å². The Kier molecular flexibility index (Phi) is 4.98. The molecule has 0 bridgehead atoms. The zero-order chi connectivity index (χ0) is 21.6. The molecule has 0 spiro atoms. The first-order valence-electron chi connectivity index (χ1n) is 10.4. The van der Waals surface area contributed by atoms with E-state index in [0.29, 0.717) is 17.7 Å². The fourth-order valence-electron chi connectivity index (χ4n) is 4.41. The number of aromatic amines is 1. The molecule has 3 N–H and O–H groups in total. The summed E-state index contributed by atoms with van der Waals surface area (Å²) in [6.45, 7) is 2.04. The molecule has 5 rings (SSSR count). The van der Waals surface area contributed by atoms with E-state index in [-0.39, 0.29) is 22.7 Å². The minimum Gasteiger partial charge on any atom is -0.336 e. The van der Waals surface area contributed by atoms with Crippen molar-refractivity contribution in [1.29, 1.82) is 0 Å². The van der Waals surface area contributed by atoms with E-state index in [1.807, 2.05) is 18.3 Å². The number of halogens is 1. The van der Waals surface area contributed by atoms with E-state index >= 15 is 0 Å². The van der Waals surface area contributed by atoms with Crippen LogP contribution in [0.5, 0.6) is 0 Å². The van der Waals surface area contributed by atoms with Crippen molar-refractivity contribution in [3.05, 3.63) is 59.1 Å². The lowest BCUT2D eigenvalue weighted by atomic mass is 10.0. The molecule has 8 nitrogen and oxygen atoms in total. The molecule has 2 unspecified atom stereocenters. The van der Waals surface area contributed by atoms with Crippen LogP contribution < -0.4 is 10.0 Å². The Balaban J connectivity index is 1.30. The van der Waals surface area contributed by atoms with Crippen molar-refractivity contribution in [3.63, 3.8) is 0 Å². The fourth-order valence-corrected chi connectivity index (χ4v) is 5.64. The average molecular weight is 443 g/mol. The van der Waals surface area contributed by atoms with Gasteiger partial charge in [-0.2, -0.15) is 5.10 Å². The van der Waals surface area contributed by atoms with Gasteiger partial charge in [0.05, 0.1) is 10.6 Å². The van der Waals surface area contributed by atoms with Gasteiger partial charge >= 0.3 is 0 Å². The van der Waals surface area contributed by atoms with Crippen LogP contribution in [0.4, 0.5) is 15.9 Å². The number of rotatable bonds is 5. The Labute approximate surface area is 179 Å². The first kappa shape index (κ1) is 20.1. The molecule has 2 atom stereocenters. The number of sulfonamides is 1. The van der Waals surface area contributed by atoms with Gasteiger partial charge in [0.1, 0.15) is 5.82 Å². The number of hydrogen-bond acceptors (Lipinski definition) is 6. The van der Waals surface area contributed by atoms with Crippen LogP contribution >= 0.6 is 0 Å². The quantitative estimate of drug-likeness (QED) is 0.558. The van der Waals surface area contributed by atoms with Gasteiger partial charge in [0.25, 0.3) is 0 Å². The Hall–Kier alpha value is -2.85. The van der Waals surface area contributed by atoms with Crippen molar-refractivity contribution < 1.29 is 12.8 Å². The van der Waals surface area contributed by atoms with Gasteiger partial charge in [-0.25, -0.2) is 27.5 Å². The highest BCUT2D eigenvalue weighted by molar-refractivity contribution is 7.89. The van der Waals surface area contributed by atoms with Gasteiger partial charge in [-0.3, -0.25) is 5.10 Å². The highest BCUT2D eigenvalue weighted by atomic mass is 32.2. The van der Waals surface area contributed by atoms with Crippen LogP contribution in [-0.4, -0.2) is 28.6 Å². The van der Waals surface area contributed by atoms with Gasteiger partial charge in [0, 0.05) is 47.6 Å². The van der Waals surface area contributed by atoms with Gasteiger partial charge in [0.2, 0.25) is 10.0 Å². The highest BCUT2D eigenvalue weighted by Gasteiger charge is 2.31. The number of fused-ring (bicyclic) bond motifs is 1. The number of aromatic nitrogens is 4. The van der Waals surface area contributed by atoms with Crippen LogP contribution in [0.3, 0.4) is 0 Å². The minimum atomic E-state index is -3.61.